The van der Waals surface area contributed by atoms with Crippen LogP contribution >= 0.6 is 0 Å². The van der Waals surface area contributed by atoms with Crippen LogP contribution in [-0.2, 0) is 27.3 Å². The standard InChI is InChI=1S/C25H21NO9/c26-35-25(32)16-8-14-4-2-6-21(23(14)19(29)10-16)34-12-17(27)11-33-20-5-1-3-13-7-15(24(30)31)9-18(28)22(13)20/h1-6,9-10,17,27H,7-8,11-12,26H2,(H,30,31). The van der Waals surface area contributed by atoms with Gasteiger partial charge in [0.05, 0.1) is 11.1 Å². The molecule has 0 saturated carbocycles. The van der Waals surface area contributed by atoms with Crippen molar-refractivity contribution in [1.29, 1.82) is 0 Å². The summed E-state index contributed by atoms with van der Waals surface area (Å²) in [4.78, 5) is 52.1. The van der Waals surface area contributed by atoms with Crippen LogP contribution in [0.1, 0.15) is 31.8 Å². The zero-order chi connectivity index (χ0) is 25.1. The van der Waals surface area contributed by atoms with Crippen LogP contribution in [0, 0.1) is 0 Å². The molecule has 1 atom stereocenters. The number of carboxylic acids is 1. The third-order valence-electron chi connectivity index (χ3n) is 5.60. The SMILES string of the molecule is NOC(=O)C1=CC(=O)c2c(cccc2OCC(O)COc2cccc3c2C(=O)C=C(C(=O)O)C3)C1. The molecule has 1 unspecified atom stereocenters. The zero-order valence-electron chi connectivity index (χ0n) is 18.4. The van der Waals surface area contributed by atoms with Gasteiger partial charge in [-0.1, -0.05) is 24.3 Å². The van der Waals surface area contributed by atoms with Crippen molar-refractivity contribution >= 4 is 23.5 Å². The van der Waals surface area contributed by atoms with E-state index in [-0.39, 0.29) is 59.8 Å². The largest absolute Gasteiger partial charge is 0.490 e. The molecule has 10 nitrogen and oxygen atoms in total. The molecule has 10 heteroatoms. The first-order valence-electron chi connectivity index (χ1n) is 10.6. The topological polar surface area (TPSA) is 162 Å². The molecule has 2 aliphatic rings. The molecular formula is C25H21NO9. The first-order valence-corrected chi connectivity index (χ1v) is 10.6. The number of carbonyl (C=O) groups excluding carboxylic acids is 3. The van der Waals surface area contributed by atoms with Gasteiger partial charge in [0.25, 0.3) is 0 Å². The van der Waals surface area contributed by atoms with Crippen molar-refractivity contribution in [2.24, 2.45) is 5.90 Å². The Balaban J connectivity index is 1.40. The summed E-state index contributed by atoms with van der Waals surface area (Å²) in [6.45, 7) is -0.425. The number of carbonyl (C=O) groups is 4. The number of nitrogens with two attached hydrogens (primary N) is 1. The summed E-state index contributed by atoms with van der Waals surface area (Å²) in [6.07, 6.45) is 1.34. The molecule has 2 aromatic carbocycles. The predicted molar refractivity (Wildman–Crippen MR) is 120 cm³/mol. The van der Waals surface area contributed by atoms with Crippen LogP contribution in [0.15, 0.2) is 59.7 Å². The molecule has 0 amide bonds. The Morgan fingerprint density at radius 2 is 1.34 bits per heavy atom. The molecule has 4 rings (SSSR count). The van der Waals surface area contributed by atoms with E-state index in [2.05, 4.69) is 4.84 Å². The lowest BCUT2D eigenvalue weighted by molar-refractivity contribution is -0.139. The first kappa shape index (κ1) is 23.9. The van der Waals surface area contributed by atoms with Gasteiger partial charge in [-0.25, -0.2) is 9.59 Å². The normalized spacial score (nSPS) is 15.3. The second kappa shape index (κ2) is 9.92. The molecule has 0 heterocycles. The lowest BCUT2D eigenvalue weighted by Crippen LogP contribution is -2.27. The summed E-state index contributed by atoms with van der Waals surface area (Å²) in [5.41, 5.74) is 1.74. The van der Waals surface area contributed by atoms with E-state index in [1.165, 1.54) is 0 Å². The Morgan fingerprint density at radius 3 is 1.83 bits per heavy atom. The number of benzene rings is 2. The van der Waals surface area contributed by atoms with Gasteiger partial charge in [0, 0.05) is 24.0 Å². The van der Waals surface area contributed by atoms with Gasteiger partial charge < -0.3 is 24.5 Å². The van der Waals surface area contributed by atoms with Crippen molar-refractivity contribution in [2.45, 2.75) is 18.9 Å². The summed E-state index contributed by atoms with van der Waals surface area (Å²) < 4.78 is 11.3. The van der Waals surface area contributed by atoms with Gasteiger partial charge in [-0.15, -0.1) is 0 Å². The van der Waals surface area contributed by atoms with Gasteiger partial charge in [-0.3, -0.25) is 9.59 Å². The second-order valence-electron chi connectivity index (χ2n) is 7.99. The van der Waals surface area contributed by atoms with Gasteiger partial charge in [0.2, 0.25) is 0 Å². The van der Waals surface area contributed by atoms with Crippen LogP contribution in [0.5, 0.6) is 11.5 Å². The summed E-state index contributed by atoms with van der Waals surface area (Å²) in [5, 5.41) is 19.5. The highest BCUT2D eigenvalue weighted by Crippen LogP contribution is 2.31. The van der Waals surface area contributed by atoms with E-state index in [4.69, 9.17) is 15.4 Å². The number of allylic oxidation sites excluding steroid dienone is 2. The lowest BCUT2D eigenvalue weighted by Gasteiger charge is -2.21. The van der Waals surface area contributed by atoms with Crippen LogP contribution in [0.2, 0.25) is 0 Å². The first-order chi connectivity index (χ1) is 16.8. The average molecular weight is 479 g/mol. The second-order valence-corrected chi connectivity index (χ2v) is 7.99. The highest BCUT2D eigenvalue weighted by molar-refractivity contribution is 6.13. The number of ketones is 2. The Morgan fingerprint density at radius 1 is 0.857 bits per heavy atom. The summed E-state index contributed by atoms with van der Waals surface area (Å²) in [5.74, 6) is 2.49. The number of hydrogen-bond acceptors (Lipinski definition) is 9. The Hall–Kier alpha value is -4.28. The number of rotatable bonds is 8. The molecule has 180 valence electrons. The molecular weight excluding hydrogens is 458 g/mol. The molecule has 4 N–H and O–H groups in total. The summed E-state index contributed by atoms with van der Waals surface area (Å²) in [7, 11) is 0. The molecule has 0 aromatic heterocycles. The van der Waals surface area contributed by atoms with E-state index in [1.54, 1.807) is 36.4 Å². The molecule has 2 aromatic rings. The highest BCUT2D eigenvalue weighted by Gasteiger charge is 2.27. The van der Waals surface area contributed by atoms with Crippen LogP contribution < -0.4 is 15.4 Å². The van der Waals surface area contributed by atoms with Crippen LogP contribution in [0.25, 0.3) is 0 Å². The van der Waals surface area contributed by atoms with E-state index in [9.17, 15) is 29.4 Å². The molecule has 0 bridgehead atoms. The number of fused-ring (bicyclic) bond motifs is 2. The molecule has 0 aliphatic heterocycles. The van der Waals surface area contributed by atoms with Crippen LogP contribution in [-0.4, -0.2) is 53.0 Å². The number of aliphatic hydroxyl groups is 1. The van der Waals surface area contributed by atoms with Crippen LogP contribution in [0.4, 0.5) is 0 Å². The Kier molecular flexibility index (Phi) is 6.76. The highest BCUT2D eigenvalue weighted by atomic mass is 16.7. The minimum Gasteiger partial charge on any atom is -0.490 e. The van der Waals surface area contributed by atoms with E-state index >= 15 is 0 Å². The van der Waals surface area contributed by atoms with Crippen molar-refractivity contribution in [3.8, 4) is 11.5 Å². The van der Waals surface area contributed by atoms with Gasteiger partial charge in [0.1, 0.15) is 30.8 Å². The maximum Gasteiger partial charge on any atom is 0.352 e. The number of carboxylic acid groups (broad SMARTS) is 1. The molecule has 0 radical (unpaired) electrons. The quantitative estimate of drug-likeness (QED) is 0.471. The average Bonchev–Trinajstić information content (AvgIpc) is 2.85. The predicted octanol–water partition coefficient (Wildman–Crippen LogP) is 1.34. The van der Waals surface area contributed by atoms with Crippen molar-refractivity contribution in [1.82, 2.24) is 0 Å². The minimum absolute atomic E-state index is 0.00397. The monoisotopic (exact) mass is 479 g/mol. The molecule has 0 saturated heterocycles. The van der Waals surface area contributed by atoms with Gasteiger partial charge in [-0.2, -0.15) is 5.90 Å². The van der Waals surface area contributed by atoms with E-state index in [0.29, 0.717) is 11.1 Å². The van der Waals surface area contributed by atoms with Gasteiger partial charge in [0.15, 0.2) is 11.6 Å². The molecule has 0 spiro atoms. The van der Waals surface area contributed by atoms with E-state index < -0.39 is 29.6 Å². The fourth-order valence-corrected chi connectivity index (χ4v) is 3.99. The lowest BCUT2D eigenvalue weighted by atomic mass is 9.90. The number of aliphatic hydroxyl groups excluding tert-OH is 1. The molecule has 0 fully saturated rings. The number of hydrogen-bond donors (Lipinski definition) is 3. The number of ether oxygens (including phenoxy) is 2. The van der Waals surface area contributed by atoms with Gasteiger partial charge >= 0.3 is 11.9 Å². The smallest absolute Gasteiger partial charge is 0.352 e. The fourth-order valence-electron chi connectivity index (χ4n) is 3.99. The number of aliphatic carboxylic acids is 1. The van der Waals surface area contributed by atoms with Gasteiger partial charge in [-0.05, 0) is 35.4 Å². The summed E-state index contributed by atoms with van der Waals surface area (Å²) >= 11 is 0. The van der Waals surface area contributed by atoms with Crippen molar-refractivity contribution in [2.75, 3.05) is 13.2 Å². The van der Waals surface area contributed by atoms with Crippen molar-refractivity contribution in [3.05, 3.63) is 82.0 Å². The third kappa shape index (κ3) is 4.98. The maximum atomic E-state index is 12.6. The Labute approximate surface area is 199 Å². The van der Waals surface area contributed by atoms with E-state index in [1.807, 2.05) is 0 Å². The minimum atomic E-state index is -1.16. The maximum absolute atomic E-state index is 12.6. The van der Waals surface area contributed by atoms with Crippen molar-refractivity contribution < 1.29 is 43.7 Å². The molecule has 2 aliphatic carbocycles. The van der Waals surface area contributed by atoms with Crippen molar-refractivity contribution in [3.63, 3.8) is 0 Å². The summed E-state index contributed by atoms with van der Waals surface area (Å²) in [6, 6.07) is 9.75. The third-order valence-corrected chi connectivity index (χ3v) is 5.60. The zero-order valence-corrected chi connectivity index (χ0v) is 18.4. The van der Waals surface area contributed by atoms with E-state index in [0.717, 1.165) is 12.2 Å². The molecule has 35 heavy (non-hydrogen) atoms. The Bertz CT molecular complexity index is 1290. The fraction of sp³-hybridized carbons (Fsp3) is 0.200. The van der Waals surface area contributed by atoms with Crippen LogP contribution in [0.3, 0.4) is 0 Å².